The van der Waals surface area contributed by atoms with Crippen molar-refractivity contribution in [2.24, 2.45) is 0 Å². The molecule has 1 aromatic rings. The van der Waals surface area contributed by atoms with Crippen LogP contribution in [0.3, 0.4) is 0 Å². The minimum atomic E-state index is -0.284. The van der Waals surface area contributed by atoms with Gasteiger partial charge in [0.25, 0.3) is 0 Å². The molecule has 100 valence electrons. The quantitative estimate of drug-likeness (QED) is 0.854. The van der Waals surface area contributed by atoms with E-state index in [1.165, 1.54) is 0 Å². The van der Waals surface area contributed by atoms with E-state index in [2.05, 4.69) is 15.9 Å². The molecule has 0 spiro atoms. The normalized spacial score (nSPS) is 11.4. The molecule has 4 heteroatoms. The van der Waals surface area contributed by atoms with Crippen LogP contribution in [-0.4, -0.2) is 30.1 Å². The van der Waals surface area contributed by atoms with E-state index in [0.717, 1.165) is 10.0 Å². The zero-order valence-corrected chi connectivity index (χ0v) is 13.0. The van der Waals surface area contributed by atoms with E-state index in [-0.39, 0.29) is 18.1 Å². The summed E-state index contributed by atoms with van der Waals surface area (Å²) in [6.07, 6.45) is 0. The molecule has 0 saturated carbocycles. The number of hydrogen-bond acceptors (Lipinski definition) is 2. The maximum absolute atomic E-state index is 11.9. The second kappa shape index (κ2) is 6.34. The Bertz CT molecular complexity index is 395. The zero-order chi connectivity index (χ0) is 13.8. The maximum Gasteiger partial charge on any atom is 0.248 e. The fourth-order valence-corrected chi connectivity index (χ4v) is 1.60. The third-order valence-corrected chi connectivity index (χ3v) is 2.92. The van der Waals surface area contributed by atoms with Crippen molar-refractivity contribution in [1.82, 2.24) is 4.90 Å². The van der Waals surface area contributed by atoms with Gasteiger partial charge in [-0.25, -0.2) is 0 Å². The molecule has 0 aliphatic rings. The Hall–Kier alpha value is -0.870. The summed E-state index contributed by atoms with van der Waals surface area (Å²) >= 11 is 3.39. The number of hydrogen-bond donors (Lipinski definition) is 0. The van der Waals surface area contributed by atoms with E-state index in [1.54, 1.807) is 11.9 Å². The molecule has 1 rings (SSSR count). The lowest BCUT2D eigenvalue weighted by Crippen LogP contribution is -2.33. The van der Waals surface area contributed by atoms with Gasteiger partial charge in [0.15, 0.2) is 0 Å². The summed E-state index contributed by atoms with van der Waals surface area (Å²) in [5, 5.41) is 0. The first-order chi connectivity index (χ1) is 8.28. The van der Waals surface area contributed by atoms with Gasteiger partial charge in [-0.1, -0.05) is 28.1 Å². The molecule has 3 nitrogen and oxygen atoms in total. The van der Waals surface area contributed by atoms with Gasteiger partial charge in [0, 0.05) is 18.1 Å². The van der Waals surface area contributed by atoms with E-state index in [9.17, 15) is 4.79 Å². The minimum absolute atomic E-state index is 0.00663. The monoisotopic (exact) mass is 313 g/mol. The van der Waals surface area contributed by atoms with Gasteiger partial charge < -0.3 is 9.64 Å². The Morgan fingerprint density at radius 1 is 1.28 bits per heavy atom. The van der Waals surface area contributed by atoms with Crippen LogP contribution in [0.1, 0.15) is 26.3 Å². The molecule has 0 atom stereocenters. The number of rotatable bonds is 4. The molecule has 0 aromatic heterocycles. The van der Waals surface area contributed by atoms with Crippen molar-refractivity contribution in [2.45, 2.75) is 32.9 Å². The number of halogens is 1. The first kappa shape index (κ1) is 15.2. The zero-order valence-electron chi connectivity index (χ0n) is 11.4. The molecule has 0 saturated heterocycles. The lowest BCUT2D eigenvalue weighted by Gasteiger charge is -2.22. The fourth-order valence-electron chi connectivity index (χ4n) is 1.34. The van der Waals surface area contributed by atoms with Gasteiger partial charge in [-0.15, -0.1) is 0 Å². The SMILES string of the molecule is CN(Cc1ccc(Br)cc1)C(=O)COC(C)(C)C. The highest BCUT2D eigenvalue weighted by molar-refractivity contribution is 9.10. The summed E-state index contributed by atoms with van der Waals surface area (Å²) in [6, 6.07) is 7.94. The van der Waals surface area contributed by atoms with Crippen molar-refractivity contribution < 1.29 is 9.53 Å². The summed E-state index contributed by atoms with van der Waals surface area (Å²) < 4.78 is 6.51. The highest BCUT2D eigenvalue weighted by atomic mass is 79.9. The number of carbonyl (C=O) groups is 1. The van der Waals surface area contributed by atoms with Crippen LogP contribution >= 0.6 is 15.9 Å². The van der Waals surface area contributed by atoms with E-state index in [4.69, 9.17) is 4.74 Å². The smallest absolute Gasteiger partial charge is 0.248 e. The van der Waals surface area contributed by atoms with Gasteiger partial charge >= 0.3 is 0 Å². The van der Waals surface area contributed by atoms with Crippen LogP contribution in [0.5, 0.6) is 0 Å². The van der Waals surface area contributed by atoms with Crippen LogP contribution in [0.25, 0.3) is 0 Å². The van der Waals surface area contributed by atoms with Crippen molar-refractivity contribution >= 4 is 21.8 Å². The second-order valence-electron chi connectivity index (χ2n) is 5.28. The standard InChI is InChI=1S/C14H20BrNO2/c1-14(2,3)18-10-13(17)16(4)9-11-5-7-12(15)8-6-11/h5-8H,9-10H2,1-4H3. The number of benzene rings is 1. The second-order valence-corrected chi connectivity index (χ2v) is 6.19. The molecule has 0 aliphatic heterocycles. The Morgan fingerprint density at radius 3 is 2.33 bits per heavy atom. The number of nitrogens with zero attached hydrogens (tertiary/aromatic N) is 1. The summed E-state index contributed by atoms with van der Waals surface area (Å²) in [4.78, 5) is 13.5. The average molecular weight is 314 g/mol. The van der Waals surface area contributed by atoms with Crippen molar-refractivity contribution in [3.63, 3.8) is 0 Å². The molecular weight excluding hydrogens is 294 g/mol. The van der Waals surface area contributed by atoms with Crippen molar-refractivity contribution in [3.05, 3.63) is 34.3 Å². The molecular formula is C14H20BrNO2. The highest BCUT2D eigenvalue weighted by Gasteiger charge is 2.15. The molecule has 0 heterocycles. The lowest BCUT2D eigenvalue weighted by molar-refractivity contribution is -0.140. The highest BCUT2D eigenvalue weighted by Crippen LogP contribution is 2.12. The van der Waals surface area contributed by atoms with Gasteiger partial charge in [-0.05, 0) is 38.5 Å². The minimum Gasteiger partial charge on any atom is -0.366 e. The molecule has 0 radical (unpaired) electrons. The lowest BCUT2D eigenvalue weighted by atomic mass is 10.2. The van der Waals surface area contributed by atoms with Crippen molar-refractivity contribution in [2.75, 3.05) is 13.7 Å². The van der Waals surface area contributed by atoms with Crippen LogP contribution in [0, 0.1) is 0 Å². The van der Waals surface area contributed by atoms with Crippen LogP contribution in [0.15, 0.2) is 28.7 Å². The van der Waals surface area contributed by atoms with Crippen molar-refractivity contribution in [3.8, 4) is 0 Å². The average Bonchev–Trinajstić information content (AvgIpc) is 2.28. The summed E-state index contributed by atoms with van der Waals surface area (Å²) in [5.74, 6) is -0.00663. The topological polar surface area (TPSA) is 29.5 Å². The maximum atomic E-state index is 11.9. The van der Waals surface area contributed by atoms with Crippen molar-refractivity contribution in [1.29, 1.82) is 0 Å². The van der Waals surface area contributed by atoms with Crippen LogP contribution < -0.4 is 0 Å². The Morgan fingerprint density at radius 2 is 1.83 bits per heavy atom. The first-order valence-corrected chi connectivity index (χ1v) is 6.69. The molecule has 0 aliphatic carbocycles. The van der Waals surface area contributed by atoms with E-state index >= 15 is 0 Å². The van der Waals surface area contributed by atoms with Gasteiger partial charge in [0.05, 0.1) is 5.60 Å². The Labute approximate surface area is 117 Å². The molecule has 1 amide bonds. The summed E-state index contributed by atoms with van der Waals surface area (Å²) in [5.41, 5.74) is 0.818. The largest absolute Gasteiger partial charge is 0.366 e. The number of likely N-dealkylation sites (N-methyl/N-ethyl adjacent to an activating group) is 1. The predicted molar refractivity (Wildman–Crippen MR) is 76.3 cm³/mol. The van der Waals surface area contributed by atoms with E-state index in [0.29, 0.717) is 6.54 Å². The van der Waals surface area contributed by atoms with Gasteiger partial charge in [0.2, 0.25) is 5.91 Å². The summed E-state index contributed by atoms with van der Waals surface area (Å²) in [6.45, 7) is 6.54. The molecule has 0 N–H and O–H groups in total. The third kappa shape index (κ3) is 5.65. The number of carbonyl (C=O) groups excluding carboxylic acids is 1. The molecule has 18 heavy (non-hydrogen) atoms. The van der Waals surface area contributed by atoms with E-state index in [1.807, 2.05) is 45.0 Å². The molecule has 0 fully saturated rings. The van der Waals surface area contributed by atoms with E-state index < -0.39 is 0 Å². The third-order valence-electron chi connectivity index (χ3n) is 2.39. The Kier molecular flexibility index (Phi) is 5.35. The van der Waals surface area contributed by atoms with Gasteiger partial charge in [0.1, 0.15) is 6.61 Å². The van der Waals surface area contributed by atoms with Gasteiger partial charge in [-0.2, -0.15) is 0 Å². The molecule has 0 bridgehead atoms. The number of amides is 1. The Balaban J connectivity index is 2.47. The predicted octanol–water partition coefficient (Wildman–Crippen LogP) is 3.22. The van der Waals surface area contributed by atoms with Crippen LogP contribution in [-0.2, 0) is 16.1 Å². The fraction of sp³-hybridized carbons (Fsp3) is 0.500. The first-order valence-electron chi connectivity index (χ1n) is 5.90. The van der Waals surface area contributed by atoms with Gasteiger partial charge in [-0.3, -0.25) is 4.79 Å². The molecule has 0 unspecified atom stereocenters. The number of ether oxygens (including phenoxy) is 1. The summed E-state index contributed by atoms with van der Waals surface area (Å²) in [7, 11) is 1.79. The molecule has 1 aromatic carbocycles. The van der Waals surface area contributed by atoms with Crippen LogP contribution in [0.2, 0.25) is 0 Å². The van der Waals surface area contributed by atoms with Crippen LogP contribution in [0.4, 0.5) is 0 Å².